The highest BCUT2D eigenvalue weighted by atomic mass is 16.2. The first-order valence-electron chi connectivity index (χ1n) is 9.02. The lowest BCUT2D eigenvalue weighted by Crippen LogP contribution is -2.52. The van der Waals surface area contributed by atoms with Gasteiger partial charge in [-0.25, -0.2) is 4.98 Å². The van der Waals surface area contributed by atoms with Gasteiger partial charge in [0.1, 0.15) is 5.82 Å². The number of piperazine rings is 1. The van der Waals surface area contributed by atoms with Crippen molar-refractivity contribution >= 4 is 17.4 Å². The molecule has 0 spiro atoms. The van der Waals surface area contributed by atoms with Gasteiger partial charge in [0.2, 0.25) is 11.6 Å². The zero-order valence-electron chi connectivity index (χ0n) is 14.9. The number of fused-ring (bicyclic) bond motifs is 1. The van der Waals surface area contributed by atoms with E-state index >= 15 is 0 Å². The van der Waals surface area contributed by atoms with Crippen LogP contribution in [0.3, 0.4) is 0 Å². The number of hydrogen-bond acceptors (Lipinski definition) is 6. The highest BCUT2D eigenvalue weighted by Gasteiger charge is 2.30. The fraction of sp³-hybridized carbons (Fsp3) is 0.647. The Morgan fingerprint density at radius 1 is 1.16 bits per heavy atom. The Labute approximate surface area is 147 Å². The maximum absolute atomic E-state index is 12.8. The van der Waals surface area contributed by atoms with Gasteiger partial charge in [0.25, 0.3) is 0 Å². The molecule has 25 heavy (non-hydrogen) atoms. The predicted molar refractivity (Wildman–Crippen MR) is 94.5 cm³/mol. The summed E-state index contributed by atoms with van der Waals surface area (Å²) in [7, 11) is 2.10. The summed E-state index contributed by atoms with van der Waals surface area (Å²) in [6, 6.07) is 0. The highest BCUT2D eigenvalue weighted by Crippen LogP contribution is 2.22. The third-order valence-electron chi connectivity index (χ3n) is 5.34. The van der Waals surface area contributed by atoms with E-state index in [1.165, 1.54) is 0 Å². The van der Waals surface area contributed by atoms with Crippen molar-refractivity contribution in [2.45, 2.75) is 19.8 Å². The Morgan fingerprint density at radius 2 is 1.96 bits per heavy atom. The Bertz CT molecular complexity index is 765. The number of anilines is 1. The van der Waals surface area contributed by atoms with Crippen LogP contribution in [-0.2, 0) is 4.79 Å². The molecule has 1 atom stereocenters. The van der Waals surface area contributed by atoms with E-state index in [0.29, 0.717) is 5.91 Å². The number of carbonyl (C=O) groups is 1. The summed E-state index contributed by atoms with van der Waals surface area (Å²) in [6.07, 6.45) is 5.80. The van der Waals surface area contributed by atoms with E-state index in [1.807, 2.05) is 22.4 Å². The molecule has 1 unspecified atom stereocenters. The van der Waals surface area contributed by atoms with Crippen LogP contribution in [0, 0.1) is 12.8 Å². The molecular weight excluding hydrogens is 318 g/mol. The van der Waals surface area contributed by atoms with Crippen LogP contribution in [-0.4, -0.2) is 81.6 Å². The van der Waals surface area contributed by atoms with E-state index in [1.54, 1.807) is 6.20 Å². The molecule has 8 heteroatoms. The Kier molecular flexibility index (Phi) is 4.29. The van der Waals surface area contributed by atoms with Crippen LogP contribution in [0.15, 0.2) is 12.4 Å². The molecule has 0 saturated carbocycles. The molecule has 1 amide bonds. The Morgan fingerprint density at radius 3 is 2.72 bits per heavy atom. The highest BCUT2D eigenvalue weighted by molar-refractivity contribution is 5.79. The van der Waals surface area contributed by atoms with Crippen molar-refractivity contribution in [3.8, 4) is 0 Å². The van der Waals surface area contributed by atoms with Crippen LogP contribution in [0.2, 0.25) is 0 Å². The van der Waals surface area contributed by atoms with Gasteiger partial charge in [-0.2, -0.15) is 0 Å². The second-order valence-electron chi connectivity index (χ2n) is 7.11. The Balaban J connectivity index is 1.43. The molecule has 0 N–H and O–H groups in total. The van der Waals surface area contributed by atoms with Crippen LogP contribution in [0.25, 0.3) is 5.65 Å². The molecule has 2 fully saturated rings. The first-order valence-corrected chi connectivity index (χ1v) is 9.02. The van der Waals surface area contributed by atoms with E-state index in [9.17, 15) is 4.79 Å². The van der Waals surface area contributed by atoms with Crippen molar-refractivity contribution in [3.63, 3.8) is 0 Å². The van der Waals surface area contributed by atoms with Crippen molar-refractivity contribution in [2.75, 3.05) is 51.2 Å². The normalized spacial score (nSPS) is 22.6. The van der Waals surface area contributed by atoms with Gasteiger partial charge < -0.3 is 14.7 Å². The Hall–Kier alpha value is -2.22. The minimum absolute atomic E-state index is 0.158. The number of hydrogen-bond donors (Lipinski definition) is 0. The first kappa shape index (κ1) is 16.3. The van der Waals surface area contributed by atoms with Crippen LogP contribution in [0.1, 0.15) is 18.7 Å². The quantitative estimate of drug-likeness (QED) is 0.787. The van der Waals surface area contributed by atoms with Crippen molar-refractivity contribution in [1.82, 2.24) is 29.4 Å². The molecule has 0 radical (unpaired) electrons. The lowest BCUT2D eigenvalue weighted by Gasteiger charge is -2.38. The maximum atomic E-state index is 12.8. The standard InChI is InChI=1S/C17H25N7O/c1-13-19-20-16-15(18-5-7-24(13)16)22-8-10-23(11-9-22)17(25)14-4-3-6-21(2)12-14/h5,7,14H,3-4,6,8-12H2,1-2H3. The van der Waals surface area contributed by atoms with Crippen molar-refractivity contribution in [1.29, 1.82) is 0 Å². The first-order chi connectivity index (χ1) is 12.1. The zero-order valence-corrected chi connectivity index (χ0v) is 14.9. The summed E-state index contributed by atoms with van der Waals surface area (Å²) in [5.74, 6) is 2.18. The molecule has 4 heterocycles. The molecule has 4 rings (SSSR count). The van der Waals surface area contributed by atoms with E-state index in [-0.39, 0.29) is 5.92 Å². The third kappa shape index (κ3) is 3.06. The molecule has 0 aromatic carbocycles. The van der Waals surface area contributed by atoms with Crippen molar-refractivity contribution < 1.29 is 4.79 Å². The fourth-order valence-corrected chi connectivity index (χ4v) is 3.92. The van der Waals surface area contributed by atoms with Crippen molar-refractivity contribution in [3.05, 3.63) is 18.2 Å². The molecule has 2 aromatic heterocycles. The van der Waals surface area contributed by atoms with E-state index in [2.05, 4.69) is 32.0 Å². The topological polar surface area (TPSA) is 69.9 Å². The second-order valence-corrected chi connectivity index (χ2v) is 7.11. The molecule has 2 aliphatic heterocycles. The minimum atomic E-state index is 0.158. The lowest BCUT2D eigenvalue weighted by molar-refractivity contribution is -0.137. The summed E-state index contributed by atoms with van der Waals surface area (Å²) in [6.45, 7) is 6.98. The van der Waals surface area contributed by atoms with Gasteiger partial charge in [-0.05, 0) is 33.4 Å². The van der Waals surface area contributed by atoms with Gasteiger partial charge in [0.05, 0.1) is 5.92 Å². The molecule has 2 aliphatic rings. The second kappa shape index (κ2) is 6.59. The van der Waals surface area contributed by atoms with Gasteiger partial charge in [-0.15, -0.1) is 10.2 Å². The summed E-state index contributed by atoms with van der Waals surface area (Å²) >= 11 is 0. The van der Waals surface area contributed by atoms with Crippen LogP contribution < -0.4 is 4.90 Å². The van der Waals surface area contributed by atoms with Gasteiger partial charge in [0, 0.05) is 45.1 Å². The summed E-state index contributed by atoms with van der Waals surface area (Å²) in [4.78, 5) is 23.8. The van der Waals surface area contributed by atoms with Gasteiger partial charge >= 0.3 is 0 Å². The smallest absolute Gasteiger partial charge is 0.227 e. The number of piperidine rings is 1. The van der Waals surface area contributed by atoms with Crippen LogP contribution >= 0.6 is 0 Å². The summed E-state index contributed by atoms with van der Waals surface area (Å²) < 4.78 is 1.96. The van der Waals surface area contributed by atoms with E-state index in [0.717, 1.165) is 69.4 Å². The number of aryl methyl sites for hydroxylation is 1. The number of aromatic nitrogens is 4. The lowest BCUT2D eigenvalue weighted by atomic mass is 9.96. The van der Waals surface area contributed by atoms with Crippen molar-refractivity contribution in [2.24, 2.45) is 5.92 Å². The average molecular weight is 343 g/mol. The number of amides is 1. The number of rotatable bonds is 2. The monoisotopic (exact) mass is 343 g/mol. The number of carbonyl (C=O) groups excluding carboxylic acids is 1. The molecule has 0 aliphatic carbocycles. The molecule has 2 saturated heterocycles. The molecule has 0 bridgehead atoms. The van der Waals surface area contributed by atoms with E-state index in [4.69, 9.17) is 0 Å². The van der Waals surface area contributed by atoms with Gasteiger partial charge in [-0.1, -0.05) is 0 Å². The van der Waals surface area contributed by atoms with E-state index < -0.39 is 0 Å². The molecule has 134 valence electrons. The SMILES string of the molecule is Cc1nnc2c(N3CCN(C(=O)C4CCCN(C)C4)CC3)nccn12. The van der Waals surface area contributed by atoms with Gasteiger partial charge in [0.15, 0.2) is 5.82 Å². The number of nitrogens with zero attached hydrogens (tertiary/aromatic N) is 7. The summed E-state index contributed by atoms with van der Waals surface area (Å²) in [5.41, 5.74) is 0.786. The van der Waals surface area contributed by atoms with Crippen LogP contribution in [0.4, 0.5) is 5.82 Å². The van der Waals surface area contributed by atoms with Crippen LogP contribution in [0.5, 0.6) is 0 Å². The number of likely N-dealkylation sites (tertiary alicyclic amines) is 1. The predicted octanol–water partition coefficient (Wildman–Crippen LogP) is 0.423. The average Bonchev–Trinajstić information content (AvgIpc) is 3.03. The molecular formula is C17H25N7O. The minimum Gasteiger partial charge on any atom is -0.350 e. The maximum Gasteiger partial charge on any atom is 0.227 e. The zero-order chi connectivity index (χ0) is 17.4. The largest absolute Gasteiger partial charge is 0.350 e. The fourth-order valence-electron chi connectivity index (χ4n) is 3.92. The third-order valence-corrected chi connectivity index (χ3v) is 5.34. The van der Waals surface area contributed by atoms with Gasteiger partial charge in [-0.3, -0.25) is 9.20 Å². The molecule has 2 aromatic rings. The molecule has 8 nitrogen and oxygen atoms in total. The summed E-state index contributed by atoms with van der Waals surface area (Å²) in [5, 5.41) is 8.39.